The summed E-state index contributed by atoms with van der Waals surface area (Å²) in [6.07, 6.45) is 3.92. The van der Waals surface area contributed by atoms with Gasteiger partial charge in [0.25, 0.3) is 10.1 Å². The molecule has 0 aromatic heterocycles. The van der Waals surface area contributed by atoms with E-state index in [0.717, 1.165) is 31.4 Å². The molecule has 0 saturated heterocycles. The maximum Gasteiger partial charge on any atom is 0.268 e. The van der Waals surface area contributed by atoms with Crippen molar-refractivity contribution in [3.05, 3.63) is 0 Å². The lowest BCUT2D eigenvalue weighted by Gasteiger charge is -2.40. The van der Waals surface area contributed by atoms with Gasteiger partial charge in [-0.15, -0.1) is 0 Å². The molecule has 0 aromatic carbocycles. The van der Waals surface area contributed by atoms with Crippen LogP contribution in [0, 0.1) is 11.8 Å². The summed E-state index contributed by atoms with van der Waals surface area (Å²) < 4.78 is 32.4. The van der Waals surface area contributed by atoms with Gasteiger partial charge in [0.1, 0.15) is 0 Å². The molecule has 0 aromatic rings. The second-order valence-corrected chi connectivity index (χ2v) is 6.63. The number of hydrazone groups is 1. The highest BCUT2D eigenvalue weighted by Crippen LogP contribution is 2.40. The summed E-state index contributed by atoms with van der Waals surface area (Å²) in [6.45, 7) is 0. The molecule has 3 unspecified atom stereocenters. The Morgan fingerprint density at radius 1 is 1.33 bits per heavy atom. The lowest BCUT2D eigenvalue weighted by molar-refractivity contribution is 0.275. The van der Waals surface area contributed by atoms with Crippen molar-refractivity contribution in [2.45, 2.75) is 37.4 Å². The number of fused-ring (bicyclic) bond motifs is 1. The van der Waals surface area contributed by atoms with Gasteiger partial charge in [0, 0.05) is 19.4 Å². The molecule has 2 saturated carbocycles. The third-order valence-corrected chi connectivity index (χ3v) is 5.40. The Bertz CT molecular complexity index is 484. The van der Waals surface area contributed by atoms with E-state index in [1.54, 1.807) is 7.05 Å². The zero-order valence-electron chi connectivity index (χ0n) is 10.4. The molecule has 3 atom stereocenters. The van der Waals surface area contributed by atoms with E-state index < -0.39 is 15.4 Å². The van der Waals surface area contributed by atoms with E-state index in [9.17, 15) is 13.0 Å². The molecule has 0 aliphatic heterocycles. The summed E-state index contributed by atoms with van der Waals surface area (Å²) in [5, 5.41) is 2.88. The Kier molecular flexibility index (Phi) is 3.72. The number of hydrogen-bond donors (Lipinski definition) is 2. The van der Waals surface area contributed by atoms with Crippen LogP contribution in [0.5, 0.6) is 0 Å². The molecule has 3 N–H and O–H groups in total. The lowest BCUT2D eigenvalue weighted by atomic mass is 9.69. The molecule has 0 radical (unpaired) electrons. The minimum absolute atomic E-state index is 0.0575. The Morgan fingerprint density at radius 3 is 2.56 bits per heavy atom. The molecule has 7 heteroatoms. The molecule has 102 valence electrons. The molecular weight excluding hydrogens is 254 g/mol. The molecule has 0 spiro atoms. The normalized spacial score (nSPS) is 37.8. The maximum atomic E-state index is 11.5. The van der Waals surface area contributed by atoms with Crippen molar-refractivity contribution >= 4 is 21.5 Å². The molecule has 2 fully saturated rings. The largest absolute Gasteiger partial charge is 0.323 e. The van der Waals surface area contributed by atoms with Gasteiger partial charge in [0.05, 0.1) is 16.7 Å². The molecule has 6 nitrogen and oxygen atoms in total. The topological polar surface area (TPSA) is 105 Å². The Morgan fingerprint density at radius 2 is 2.00 bits per heavy atom. The first-order valence-electron chi connectivity index (χ1n) is 6.19. The van der Waals surface area contributed by atoms with Crippen LogP contribution in [0.2, 0.25) is 0 Å². The zero-order chi connectivity index (χ0) is 13.3. The van der Waals surface area contributed by atoms with Gasteiger partial charge in [0.2, 0.25) is 0 Å². The minimum atomic E-state index is -4.06. The fourth-order valence-electron chi connectivity index (χ4n) is 3.34. The molecule has 0 heterocycles. The smallest absolute Gasteiger partial charge is 0.268 e. The number of nitrogens with two attached hydrogens (primary N) is 1. The third kappa shape index (κ3) is 2.29. The number of aliphatic imine (C=N–C) groups is 1. The molecule has 2 rings (SSSR count). The average molecular weight is 273 g/mol. The fourth-order valence-corrected chi connectivity index (χ4v) is 4.48. The molecule has 2 aliphatic carbocycles. The van der Waals surface area contributed by atoms with Crippen molar-refractivity contribution in [3.8, 4) is 0 Å². The number of nitrogens with zero attached hydrogens (tertiary/aromatic N) is 2. The number of hydrogen-bond acceptors (Lipinski definition) is 5. The second kappa shape index (κ2) is 4.97. The van der Waals surface area contributed by atoms with Gasteiger partial charge < -0.3 is 5.84 Å². The van der Waals surface area contributed by atoms with Crippen molar-refractivity contribution in [2.75, 3.05) is 7.05 Å². The zero-order valence-corrected chi connectivity index (χ0v) is 11.2. The van der Waals surface area contributed by atoms with Crippen LogP contribution in [0.25, 0.3) is 0 Å². The van der Waals surface area contributed by atoms with Crippen molar-refractivity contribution in [2.24, 2.45) is 27.8 Å². The van der Waals surface area contributed by atoms with Crippen LogP contribution >= 0.6 is 0 Å². The van der Waals surface area contributed by atoms with Gasteiger partial charge in [-0.05, 0) is 18.8 Å². The van der Waals surface area contributed by atoms with Crippen LogP contribution in [0.3, 0.4) is 0 Å². The summed E-state index contributed by atoms with van der Waals surface area (Å²) >= 11 is 0. The molecular formula is C11H19N3O3S. The van der Waals surface area contributed by atoms with Crippen molar-refractivity contribution < 1.29 is 13.0 Å². The fraction of sp³-hybridized carbons (Fsp3) is 0.818. The van der Waals surface area contributed by atoms with E-state index >= 15 is 0 Å². The van der Waals surface area contributed by atoms with E-state index in [4.69, 9.17) is 5.84 Å². The quantitative estimate of drug-likeness (QED) is 0.419. The average Bonchev–Trinajstić information content (AvgIpc) is 2.35. The molecule has 2 aliphatic rings. The maximum absolute atomic E-state index is 11.5. The first-order valence-corrected chi connectivity index (χ1v) is 7.69. The SMILES string of the molecule is CN=C1/C(=N\N)CC(S(=O)(=O)O)C2CCCCC12. The van der Waals surface area contributed by atoms with Crippen molar-refractivity contribution in [1.29, 1.82) is 0 Å². The van der Waals surface area contributed by atoms with Gasteiger partial charge in [-0.1, -0.05) is 12.8 Å². The van der Waals surface area contributed by atoms with Crippen LogP contribution in [0.1, 0.15) is 32.1 Å². The van der Waals surface area contributed by atoms with Crippen molar-refractivity contribution in [1.82, 2.24) is 0 Å². The van der Waals surface area contributed by atoms with Gasteiger partial charge in [-0.25, -0.2) is 0 Å². The molecule has 0 bridgehead atoms. The second-order valence-electron chi connectivity index (χ2n) is 5.00. The Balaban J connectivity index is 2.42. The summed E-state index contributed by atoms with van der Waals surface area (Å²) in [4.78, 5) is 4.23. The van der Waals surface area contributed by atoms with E-state index in [0.29, 0.717) is 5.71 Å². The molecule has 18 heavy (non-hydrogen) atoms. The van der Waals surface area contributed by atoms with E-state index in [-0.39, 0.29) is 18.3 Å². The van der Waals surface area contributed by atoms with Crippen LogP contribution in [0.4, 0.5) is 0 Å². The van der Waals surface area contributed by atoms with Crippen molar-refractivity contribution in [3.63, 3.8) is 0 Å². The Hall–Kier alpha value is -0.950. The van der Waals surface area contributed by atoms with Gasteiger partial charge >= 0.3 is 0 Å². The minimum Gasteiger partial charge on any atom is -0.323 e. The Labute approximate surface area is 107 Å². The summed E-state index contributed by atoms with van der Waals surface area (Å²) in [6, 6.07) is 0. The van der Waals surface area contributed by atoms with Crippen LogP contribution in [0.15, 0.2) is 10.1 Å². The van der Waals surface area contributed by atoms with Crippen LogP contribution in [-0.2, 0) is 10.1 Å². The van der Waals surface area contributed by atoms with Gasteiger partial charge in [-0.3, -0.25) is 9.55 Å². The van der Waals surface area contributed by atoms with Gasteiger partial charge in [-0.2, -0.15) is 13.5 Å². The highest BCUT2D eigenvalue weighted by atomic mass is 32.2. The summed E-state index contributed by atoms with van der Waals surface area (Å²) in [7, 11) is -2.38. The van der Waals surface area contributed by atoms with E-state index in [1.165, 1.54) is 0 Å². The standard InChI is InChI=1S/C11H19N3O3S/c1-13-11-8-5-3-2-4-7(8)10(18(15,16)17)6-9(11)14-12/h7-8,10H,2-6,12H2,1H3,(H,15,16,17)/b13-11?,14-9-. The predicted octanol–water partition coefficient (Wildman–Crippen LogP) is 0.838. The first kappa shape index (κ1) is 13.5. The summed E-state index contributed by atoms with van der Waals surface area (Å²) in [5.74, 6) is 5.33. The third-order valence-electron chi connectivity index (χ3n) is 4.12. The van der Waals surface area contributed by atoms with Crippen LogP contribution < -0.4 is 5.84 Å². The van der Waals surface area contributed by atoms with Crippen LogP contribution in [-0.4, -0.2) is 36.7 Å². The van der Waals surface area contributed by atoms with Gasteiger partial charge in [0.15, 0.2) is 0 Å². The highest BCUT2D eigenvalue weighted by molar-refractivity contribution is 7.86. The monoisotopic (exact) mass is 273 g/mol. The number of rotatable bonds is 1. The van der Waals surface area contributed by atoms with E-state index in [2.05, 4.69) is 10.1 Å². The lowest BCUT2D eigenvalue weighted by Crippen LogP contribution is -2.48. The highest BCUT2D eigenvalue weighted by Gasteiger charge is 2.46. The summed E-state index contributed by atoms with van der Waals surface area (Å²) in [5.41, 5.74) is 1.34. The van der Waals surface area contributed by atoms with E-state index in [1.807, 2.05) is 0 Å². The molecule has 0 amide bonds. The predicted molar refractivity (Wildman–Crippen MR) is 70.4 cm³/mol. The first-order chi connectivity index (χ1) is 8.49.